The van der Waals surface area contributed by atoms with E-state index in [1.165, 1.54) is 26.5 Å². The fourth-order valence-corrected chi connectivity index (χ4v) is 2.69. The zero-order valence-electron chi connectivity index (χ0n) is 15.7. The van der Waals surface area contributed by atoms with E-state index < -0.39 is 11.8 Å². The molecule has 29 heavy (non-hydrogen) atoms. The number of nitrogens with zero attached hydrogens (tertiary/aromatic N) is 1. The normalized spacial score (nSPS) is 12.0. The molecule has 0 saturated heterocycles. The number of hydrazone groups is 1. The number of methoxy groups -OCH3 is 2. The summed E-state index contributed by atoms with van der Waals surface area (Å²) in [6.07, 6.45) is 1.37. The quantitative estimate of drug-likeness (QED) is 0.524. The molecule has 3 rings (SSSR count). The number of halogens is 1. The average Bonchev–Trinajstić information content (AvgIpc) is 3.18. The number of fused-ring (bicyclic) bond motifs is 1. The number of carbonyl (C=O) groups is 2. The van der Waals surface area contributed by atoms with Gasteiger partial charge in [-0.05, 0) is 24.3 Å². The van der Waals surface area contributed by atoms with E-state index in [0.717, 1.165) is 0 Å². The monoisotopic (exact) mass is 419 g/mol. The highest BCUT2D eigenvalue weighted by molar-refractivity contribution is 6.33. The van der Waals surface area contributed by atoms with Gasteiger partial charge in [0.1, 0.15) is 0 Å². The van der Waals surface area contributed by atoms with Crippen LogP contribution in [0.3, 0.4) is 0 Å². The lowest BCUT2D eigenvalue weighted by Crippen LogP contribution is -2.34. The van der Waals surface area contributed by atoms with Gasteiger partial charge in [0.15, 0.2) is 23.0 Å². The second-order valence-corrected chi connectivity index (χ2v) is 6.18. The third kappa shape index (κ3) is 4.88. The Morgan fingerprint density at radius 1 is 1.14 bits per heavy atom. The molecule has 0 bridgehead atoms. The van der Waals surface area contributed by atoms with E-state index >= 15 is 0 Å². The maximum Gasteiger partial charge on any atom is 0.259 e. The molecule has 0 aliphatic carbocycles. The van der Waals surface area contributed by atoms with Gasteiger partial charge < -0.3 is 24.3 Å². The maximum atomic E-state index is 12.2. The van der Waals surface area contributed by atoms with Crippen LogP contribution in [0.4, 0.5) is 0 Å². The molecule has 152 valence electrons. The van der Waals surface area contributed by atoms with Gasteiger partial charge in [-0.1, -0.05) is 11.6 Å². The minimum absolute atomic E-state index is 0.128. The van der Waals surface area contributed by atoms with Crippen LogP contribution in [0.1, 0.15) is 15.9 Å². The standard InChI is InChI=1S/C19H18ClN3O6/c1-26-14-4-3-11(5-15(14)27-2)19(25)21-9-18(24)23-22-8-12-6-16-17(7-13(12)20)29-10-28-16/h3-8H,9-10H2,1-2H3,(H,21,25)(H,23,24). The third-order valence-electron chi connectivity index (χ3n) is 3.94. The van der Waals surface area contributed by atoms with Crippen LogP contribution in [-0.4, -0.2) is 45.6 Å². The first-order valence-corrected chi connectivity index (χ1v) is 8.81. The molecule has 1 aliphatic heterocycles. The molecular weight excluding hydrogens is 402 g/mol. The van der Waals surface area contributed by atoms with Crippen molar-refractivity contribution < 1.29 is 28.5 Å². The summed E-state index contributed by atoms with van der Waals surface area (Å²) in [6.45, 7) is -0.137. The first kappa shape index (κ1) is 20.3. The van der Waals surface area contributed by atoms with Gasteiger partial charge >= 0.3 is 0 Å². The molecule has 0 unspecified atom stereocenters. The average molecular weight is 420 g/mol. The van der Waals surface area contributed by atoms with Crippen LogP contribution >= 0.6 is 11.6 Å². The fraction of sp³-hybridized carbons (Fsp3) is 0.211. The van der Waals surface area contributed by atoms with Gasteiger partial charge in [-0.3, -0.25) is 9.59 Å². The topological polar surface area (TPSA) is 107 Å². The Kier molecular flexibility index (Phi) is 6.40. The van der Waals surface area contributed by atoms with Crippen molar-refractivity contribution in [3.63, 3.8) is 0 Å². The summed E-state index contributed by atoms with van der Waals surface area (Å²) >= 11 is 6.12. The van der Waals surface area contributed by atoms with Gasteiger partial charge in [0.25, 0.3) is 11.8 Å². The van der Waals surface area contributed by atoms with Gasteiger partial charge in [0.05, 0.1) is 32.0 Å². The highest BCUT2D eigenvalue weighted by atomic mass is 35.5. The van der Waals surface area contributed by atoms with Crippen molar-refractivity contribution in [1.29, 1.82) is 0 Å². The SMILES string of the molecule is COc1ccc(C(=O)NCC(=O)NN=Cc2cc3c(cc2Cl)OCO3)cc1OC. The third-order valence-corrected chi connectivity index (χ3v) is 4.27. The summed E-state index contributed by atoms with van der Waals surface area (Å²) in [5.74, 6) is 1.06. The summed E-state index contributed by atoms with van der Waals surface area (Å²) in [5, 5.41) is 6.73. The molecule has 0 radical (unpaired) electrons. The van der Waals surface area contributed by atoms with Crippen LogP contribution in [0.15, 0.2) is 35.4 Å². The first-order chi connectivity index (χ1) is 14.0. The van der Waals surface area contributed by atoms with E-state index in [1.807, 2.05) is 0 Å². The molecule has 2 aromatic carbocycles. The molecule has 10 heteroatoms. The van der Waals surface area contributed by atoms with Gasteiger partial charge in [-0.15, -0.1) is 0 Å². The largest absolute Gasteiger partial charge is 0.493 e. The lowest BCUT2D eigenvalue weighted by molar-refractivity contribution is -0.120. The number of hydrogen-bond donors (Lipinski definition) is 2. The highest BCUT2D eigenvalue weighted by Crippen LogP contribution is 2.36. The first-order valence-electron chi connectivity index (χ1n) is 8.43. The summed E-state index contributed by atoms with van der Waals surface area (Å²) in [5.41, 5.74) is 3.19. The molecule has 0 spiro atoms. The molecule has 2 aromatic rings. The van der Waals surface area contributed by atoms with E-state index in [9.17, 15) is 9.59 Å². The van der Waals surface area contributed by atoms with Crippen LogP contribution in [0.2, 0.25) is 5.02 Å². The predicted molar refractivity (Wildman–Crippen MR) is 105 cm³/mol. The number of nitrogens with one attached hydrogen (secondary N) is 2. The van der Waals surface area contributed by atoms with Crippen LogP contribution in [-0.2, 0) is 4.79 Å². The molecule has 0 atom stereocenters. The molecule has 0 fully saturated rings. The summed E-state index contributed by atoms with van der Waals surface area (Å²) in [6, 6.07) is 7.95. The molecule has 1 aliphatic rings. The van der Waals surface area contributed by atoms with Gasteiger partial charge in [-0.25, -0.2) is 5.43 Å². The number of hydrogen-bond acceptors (Lipinski definition) is 7. The molecule has 1 heterocycles. The number of amides is 2. The van der Waals surface area contributed by atoms with Gasteiger partial charge in [-0.2, -0.15) is 5.10 Å². The second-order valence-electron chi connectivity index (χ2n) is 5.77. The van der Waals surface area contributed by atoms with Crippen molar-refractivity contribution in [2.75, 3.05) is 27.6 Å². The maximum absolute atomic E-state index is 12.2. The van der Waals surface area contributed by atoms with Gasteiger partial charge in [0.2, 0.25) is 6.79 Å². The van der Waals surface area contributed by atoms with E-state index in [4.69, 9.17) is 30.5 Å². The Balaban J connectivity index is 1.52. The zero-order valence-corrected chi connectivity index (χ0v) is 16.4. The molecular formula is C19H18ClN3O6. The zero-order chi connectivity index (χ0) is 20.8. The van der Waals surface area contributed by atoms with Crippen LogP contribution < -0.4 is 29.7 Å². The summed E-state index contributed by atoms with van der Waals surface area (Å²) in [7, 11) is 2.97. The minimum atomic E-state index is -0.507. The Morgan fingerprint density at radius 3 is 2.59 bits per heavy atom. The van der Waals surface area contributed by atoms with Crippen molar-refractivity contribution in [3.8, 4) is 23.0 Å². The van der Waals surface area contributed by atoms with Crippen molar-refractivity contribution in [2.24, 2.45) is 5.10 Å². The van der Waals surface area contributed by atoms with E-state index in [-0.39, 0.29) is 13.3 Å². The molecule has 2 N–H and O–H groups in total. The van der Waals surface area contributed by atoms with Crippen molar-refractivity contribution >= 4 is 29.6 Å². The smallest absolute Gasteiger partial charge is 0.259 e. The number of carbonyl (C=O) groups excluding carboxylic acids is 2. The van der Waals surface area contributed by atoms with E-state index in [0.29, 0.717) is 39.1 Å². The summed E-state index contributed by atoms with van der Waals surface area (Å²) in [4.78, 5) is 24.1. The van der Waals surface area contributed by atoms with Crippen LogP contribution in [0.5, 0.6) is 23.0 Å². The molecule has 0 saturated carbocycles. The van der Waals surface area contributed by atoms with Crippen molar-refractivity contribution in [2.45, 2.75) is 0 Å². The number of ether oxygens (including phenoxy) is 4. The molecule has 9 nitrogen and oxygen atoms in total. The lowest BCUT2D eigenvalue weighted by Gasteiger charge is -2.09. The minimum Gasteiger partial charge on any atom is -0.493 e. The number of benzene rings is 2. The Labute approximate surface area is 171 Å². The molecule has 0 aromatic heterocycles. The molecule has 2 amide bonds. The van der Waals surface area contributed by atoms with E-state index in [2.05, 4.69) is 15.8 Å². The van der Waals surface area contributed by atoms with Crippen molar-refractivity contribution in [3.05, 3.63) is 46.5 Å². The van der Waals surface area contributed by atoms with Crippen molar-refractivity contribution in [1.82, 2.24) is 10.7 Å². The Bertz CT molecular complexity index is 963. The van der Waals surface area contributed by atoms with E-state index in [1.54, 1.807) is 24.3 Å². The fourth-order valence-electron chi connectivity index (χ4n) is 2.49. The van der Waals surface area contributed by atoms with Crippen LogP contribution in [0.25, 0.3) is 0 Å². The summed E-state index contributed by atoms with van der Waals surface area (Å²) < 4.78 is 20.8. The van der Waals surface area contributed by atoms with Crippen LogP contribution in [0, 0.1) is 0 Å². The highest BCUT2D eigenvalue weighted by Gasteiger charge is 2.16. The number of rotatable bonds is 7. The predicted octanol–water partition coefficient (Wildman–Crippen LogP) is 1.97. The van der Waals surface area contributed by atoms with Gasteiger partial charge in [0, 0.05) is 17.2 Å². The second kappa shape index (κ2) is 9.16. The lowest BCUT2D eigenvalue weighted by atomic mass is 10.2. The Morgan fingerprint density at radius 2 is 1.86 bits per heavy atom. The Hall–Kier alpha value is -3.46.